The minimum Gasteiger partial charge on any atom is -0.507 e. The van der Waals surface area contributed by atoms with Crippen LogP contribution >= 0.6 is 0 Å². The van der Waals surface area contributed by atoms with Gasteiger partial charge in [0, 0.05) is 6.20 Å². The van der Waals surface area contributed by atoms with Crippen molar-refractivity contribution in [3.05, 3.63) is 48.5 Å². The molecule has 0 bridgehead atoms. The van der Waals surface area contributed by atoms with Crippen molar-refractivity contribution < 1.29 is 17.9 Å². The van der Waals surface area contributed by atoms with Gasteiger partial charge in [-0.2, -0.15) is 0 Å². The number of aromatic hydroxyl groups is 1. The van der Waals surface area contributed by atoms with Crippen molar-refractivity contribution in [3.8, 4) is 5.75 Å². The predicted octanol–water partition coefficient (Wildman–Crippen LogP) is 1.73. The van der Waals surface area contributed by atoms with Crippen LogP contribution < -0.4 is 4.72 Å². The summed E-state index contributed by atoms with van der Waals surface area (Å²) in [5.74, 6) is -1.20. The standard InChI is InChI=1S/C11H9FN2O3S/c12-8-7-13-6-5-9(8)14-18(16,17)11-4-2-1-3-10(11)15/h1-7,15H,(H,13,14). The molecular formula is C11H9FN2O3S. The highest BCUT2D eigenvalue weighted by Gasteiger charge is 2.19. The van der Waals surface area contributed by atoms with Crippen LogP contribution in [0.1, 0.15) is 0 Å². The first-order valence-corrected chi connectivity index (χ1v) is 6.39. The molecule has 1 aromatic carbocycles. The molecule has 94 valence electrons. The van der Waals surface area contributed by atoms with Gasteiger partial charge in [0.1, 0.15) is 10.6 Å². The number of nitrogens with zero attached hydrogens (tertiary/aromatic N) is 1. The van der Waals surface area contributed by atoms with Crippen LogP contribution in [0.4, 0.5) is 10.1 Å². The number of halogens is 1. The van der Waals surface area contributed by atoms with Gasteiger partial charge in [-0.25, -0.2) is 12.8 Å². The van der Waals surface area contributed by atoms with Crippen molar-refractivity contribution in [2.75, 3.05) is 4.72 Å². The fourth-order valence-electron chi connectivity index (χ4n) is 1.34. The Morgan fingerprint density at radius 3 is 2.61 bits per heavy atom. The molecule has 0 fully saturated rings. The van der Waals surface area contributed by atoms with Gasteiger partial charge in [-0.05, 0) is 18.2 Å². The summed E-state index contributed by atoms with van der Waals surface area (Å²) < 4.78 is 39.2. The average molecular weight is 268 g/mol. The largest absolute Gasteiger partial charge is 0.507 e. The van der Waals surface area contributed by atoms with E-state index in [1.807, 2.05) is 4.72 Å². The number of hydrogen-bond acceptors (Lipinski definition) is 4. The Balaban J connectivity index is 2.40. The molecule has 2 aromatic rings. The van der Waals surface area contributed by atoms with E-state index in [1.54, 1.807) is 0 Å². The number of sulfonamides is 1. The highest BCUT2D eigenvalue weighted by atomic mass is 32.2. The summed E-state index contributed by atoms with van der Waals surface area (Å²) in [4.78, 5) is 3.19. The number of rotatable bonds is 3. The Morgan fingerprint density at radius 2 is 1.94 bits per heavy atom. The van der Waals surface area contributed by atoms with Gasteiger partial charge in [0.05, 0.1) is 11.9 Å². The number of nitrogens with one attached hydrogen (secondary N) is 1. The zero-order chi connectivity index (χ0) is 13.2. The minimum atomic E-state index is -4.03. The Hall–Kier alpha value is -2.15. The van der Waals surface area contributed by atoms with Gasteiger partial charge in [-0.15, -0.1) is 0 Å². The predicted molar refractivity (Wildman–Crippen MR) is 63.1 cm³/mol. The molecule has 1 heterocycles. The number of phenolic OH excluding ortho intramolecular Hbond substituents is 1. The number of benzene rings is 1. The summed E-state index contributed by atoms with van der Waals surface area (Å²) in [6.07, 6.45) is 2.15. The molecular weight excluding hydrogens is 259 g/mol. The topological polar surface area (TPSA) is 79.3 Å². The molecule has 0 radical (unpaired) electrons. The lowest BCUT2D eigenvalue weighted by Crippen LogP contribution is -2.14. The maximum atomic E-state index is 13.3. The van der Waals surface area contributed by atoms with E-state index in [0.29, 0.717) is 0 Å². The SMILES string of the molecule is O=S(=O)(Nc1ccncc1F)c1ccccc1O. The van der Waals surface area contributed by atoms with Crippen molar-refractivity contribution in [1.82, 2.24) is 4.98 Å². The van der Waals surface area contributed by atoms with E-state index in [0.717, 1.165) is 6.20 Å². The third-order valence-corrected chi connectivity index (χ3v) is 3.58. The Bertz CT molecular complexity index is 673. The Labute approximate surface area is 103 Å². The van der Waals surface area contributed by atoms with E-state index >= 15 is 0 Å². The summed E-state index contributed by atoms with van der Waals surface area (Å²) in [5, 5.41) is 9.47. The molecule has 0 spiro atoms. The van der Waals surface area contributed by atoms with Gasteiger partial charge in [-0.3, -0.25) is 9.71 Å². The fourth-order valence-corrected chi connectivity index (χ4v) is 2.51. The van der Waals surface area contributed by atoms with Crippen LogP contribution in [-0.2, 0) is 10.0 Å². The van der Waals surface area contributed by atoms with E-state index in [2.05, 4.69) is 4.98 Å². The lowest BCUT2D eigenvalue weighted by atomic mass is 10.3. The third-order valence-electron chi connectivity index (χ3n) is 2.17. The number of phenols is 1. The lowest BCUT2D eigenvalue weighted by Gasteiger charge is -2.09. The first kappa shape index (κ1) is 12.3. The summed E-state index contributed by atoms with van der Waals surface area (Å²) in [6, 6.07) is 6.58. The number of aromatic nitrogens is 1. The van der Waals surface area contributed by atoms with Crippen molar-refractivity contribution in [1.29, 1.82) is 0 Å². The Morgan fingerprint density at radius 1 is 1.22 bits per heavy atom. The molecule has 1 aromatic heterocycles. The molecule has 18 heavy (non-hydrogen) atoms. The van der Waals surface area contributed by atoms with Gasteiger partial charge < -0.3 is 5.11 Å². The third kappa shape index (κ3) is 2.40. The molecule has 0 saturated heterocycles. The molecule has 0 saturated carbocycles. The molecule has 7 heteroatoms. The highest BCUT2D eigenvalue weighted by molar-refractivity contribution is 7.92. The van der Waals surface area contributed by atoms with Gasteiger partial charge in [0.2, 0.25) is 0 Å². The molecule has 0 aliphatic heterocycles. The maximum Gasteiger partial charge on any atom is 0.265 e. The molecule has 2 N–H and O–H groups in total. The normalized spacial score (nSPS) is 11.2. The number of para-hydroxylation sites is 1. The molecule has 0 aliphatic rings. The zero-order valence-electron chi connectivity index (χ0n) is 9.04. The second kappa shape index (κ2) is 4.61. The second-order valence-electron chi connectivity index (χ2n) is 3.43. The van der Waals surface area contributed by atoms with Crippen LogP contribution in [0, 0.1) is 5.82 Å². The van der Waals surface area contributed by atoms with Crippen LogP contribution in [-0.4, -0.2) is 18.5 Å². The number of hydrogen-bond donors (Lipinski definition) is 2. The van der Waals surface area contributed by atoms with Crippen LogP contribution in [0.3, 0.4) is 0 Å². The van der Waals surface area contributed by atoms with Crippen molar-refractivity contribution >= 4 is 15.7 Å². The summed E-state index contributed by atoms with van der Waals surface area (Å²) in [7, 11) is -4.03. The molecule has 0 atom stereocenters. The zero-order valence-corrected chi connectivity index (χ0v) is 9.86. The summed E-state index contributed by atoms with van der Waals surface area (Å²) in [5.41, 5.74) is -0.228. The van der Waals surface area contributed by atoms with E-state index in [9.17, 15) is 17.9 Å². The van der Waals surface area contributed by atoms with E-state index in [4.69, 9.17) is 0 Å². The summed E-state index contributed by atoms with van der Waals surface area (Å²) in [6.45, 7) is 0. The second-order valence-corrected chi connectivity index (χ2v) is 5.08. The summed E-state index contributed by atoms with van der Waals surface area (Å²) >= 11 is 0. The molecule has 0 amide bonds. The average Bonchev–Trinajstić information content (AvgIpc) is 2.32. The smallest absolute Gasteiger partial charge is 0.265 e. The quantitative estimate of drug-likeness (QED) is 0.888. The van der Waals surface area contributed by atoms with Crippen LogP contribution in [0.25, 0.3) is 0 Å². The van der Waals surface area contributed by atoms with Gasteiger partial charge >= 0.3 is 0 Å². The van der Waals surface area contributed by atoms with Crippen molar-refractivity contribution in [3.63, 3.8) is 0 Å². The number of anilines is 1. The molecule has 2 rings (SSSR count). The van der Waals surface area contributed by atoms with Crippen LogP contribution in [0.15, 0.2) is 47.6 Å². The number of pyridine rings is 1. The van der Waals surface area contributed by atoms with E-state index in [-0.39, 0.29) is 10.6 Å². The van der Waals surface area contributed by atoms with Gasteiger partial charge in [-0.1, -0.05) is 12.1 Å². The lowest BCUT2D eigenvalue weighted by molar-refractivity contribution is 0.459. The van der Waals surface area contributed by atoms with Crippen molar-refractivity contribution in [2.24, 2.45) is 0 Å². The van der Waals surface area contributed by atoms with E-state index in [1.165, 1.54) is 36.5 Å². The first-order chi connectivity index (χ1) is 8.50. The van der Waals surface area contributed by atoms with Gasteiger partial charge in [0.15, 0.2) is 5.82 Å². The Kier molecular flexibility index (Phi) is 3.15. The van der Waals surface area contributed by atoms with Gasteiger partial charge in [0.25, 0.3) is 10.0 Å². The molecule has 0 unspecified atom stereocenters. The highest BCUT2D eigenvalue weighted by Crippen LogP contribution is 2.24. The molecule has 5 nitrogen and oxygen atoms in total. The fraction of sp³-hybridized carbons (Fsp3) is 0. The van der Waals surface area contributed by atoms with Crippen LogP contribution in [0.5, 0.6) is 5.75 Å². The maximum absolute atomic E-state index is 13.3. The minimum absolute atomic E-state index is 0.228. The van der Waals surface area contributed by atoms with Crippen LogP contribution in [0.2, 0.25) is 0 Å². The molecule has 0 aliphatic carbocycles. The first-order valence-electron chi connectivity index (χ1n) is 4.91. The monoisotopic (exact) mass is 268 g/mol. The van der Waals surface area contributed by atoms with E-state index < -0.39 is 21.6 Å². The van der Waals surface area contributed by atoms with Crippen molar-refractivity contribution in [2.45, 2.75) is 4.90 Å².